The zero-order valence-electron chi connectivity index (χ0n) is 11.9. The smallest absolute Gasteiger partial charge is 0.00420 e. The van der Waals surface area contributed by atoms with E-state index in [0.717, 1.165) is 51.5 Å². The van der Waals surface area contributed by atoms with E-state index >= 15 is 0 Å². The SMILES string of the molecule is NCCCC(N)CCCC(N)CCc1ccccc1. The maximum Gasteiger partial charge on any atom is 0.00420 e. The van der Waals surface area contributed by atoms with Gasteiger partial charge in [-0.3, -0.25) is 0 Å². The Balaban J connectivity index is 2.06. The molecule has 0 saturated heterocycles. The van der Waals surface area contributed by atoms with E-state index in [0.29, 0.717) is 12.1 Å². The normalized spacial score (nSPS) is 14.3. The number of aryl methyl sites for hydroxylation is 1. The summed E-state index contributed by atoms with van der Waals surface area (Å²) in [5.74, 6) is 0. The molecule has 0 bridgehead atoms. The van der Waals surface area contributed by atoms with Crippen LogP contribution in [0.5, 0.6) is 0 Å². The Kier molecular flexibility index (Phi) is 8.47. The maximum absolute atomic E-state index is 6.15. The van der Waals surface area contributed by atoms with Gasteiger partial charge in [-0.05, 0) is 50.6 Å². The van der Waals surface area contributed by atoms with Gasteiger partial charge in [0.15, 0.2) is 0 Å². The van der Waals surface area contributed by atoms with Crippen molar-refractivity contribution < 1.29 is 0 Å². The van der Waals surface area contributed by atoms with Gasteiger partial charge < -0.3 is 17.2 Å². The molecule has 0 aliphatic carbocycles. The predicted octanol–water partition coefficient (Wildman–Crippen LogP) is 2.18. The van der Waals surface area contributed by atoms with Crippen molar-refractivity contribution in [3.8, 4) is 0 Å². The van der Waals surface area contributed by atoms with Crippen molar-refractivity contribution in [2.24, 2.45) is 17.2 Å². The van der Waals surface area contributed by atoms with E-state index in [1.807, 2.05) is 6.07 Å². The molecule has 0 aliphatic heterocycles. The van der Waals surface area contributed by atoms with Crippen LogP contribution in [0.4, 0.5) is 0 Å². The Morgan fingerprint density at radius 3 is 2.00 bits per heavy atom. The molecule has 0 aromatic heterocycles. The first kappa shape index (κ1) is 16.2. The van der Waals surface area contributed by atoms with E-state index in [4.69, 9.17) is 17.2 Å². The van der Waals surface area contributed by atoms with Crippen molar-refractivity contribution in [3.05, 3.63) is 35.9 Å². The lowest BCUT2D eigenvalue weighted by molar-refractivity contribution is 0.478. The summed E-state index contributed by atoms with van der Waals surface area (Å²) in [6.07, 6.45) is 7.46. The van der Waals surface area contributed by atoms with E-state index in [-0.39, 0.29) is 0 Å². The van der Waals surface area contributed by atoms with E-state index < -0.39 is 0 Å². The van der Waals surface area contributed by atoms with Crippen molar-refractivity contribution in [1.82, 2.24) is 0 Å². The highest BCUT2D eigenvalue weighted by Gasteiger charge is 2.06. The molecule has 6 N–H and O–H groups in total. The maximum atomic E-state index is 6.15. The van der Waals surface area contributed by atoms with Crippen LogP contribution < -0.4 is 17.2 Å². The highest BCUT2D eigenvalue weighted by Crippen LogP contribution is 2.10. The van der Waals surface area contributed by atoms with Crippen molar-refractivity contribution in [2.45, 2.75) is 57.0 Å². The Bertz CT molecular complexity index is 313. The molecule has 2 atom stereocenters. The van der Waals surface area contributed by atoms with E-state index in [2.05, 4.69) is 24.3 Å². The second kappa shape index (κ2) is 9.96. The summed E-state index contributed by atoms with van der Waals surface area (Å²) in [4.78, 5) is 0. The second-order valence-corrected chi connectivity index (χ2v) is 5.41. The van der Waals surface area contributed by atoms with Crippen LogP contribution >= 0.6 is 0 Å². The molecular formula is C16H29N3. The van der Waals surface area contributed by atoms with Gasteiger partial charge >= 0.3 is 0 Å². The molecule has 19 heavy (non-hydrogen) atoms. The quantitative estimate of drug-likeness (QED) is 0.605. The van der Waals surface area contributed by atoms with Gasteiger partial charge in [0.2, 0.25) is 0 Å². The number of nitrogens with two attached hydrogens (primary N) is 3. The van der Waals surface area contributed by atoms with Crippen LogP contribution in [0, 0.1) is 0 Å². The zero-order chi connectivity index (χ0) is 13.9. The average Bonchev–Trinajstić information content (AvgIpc) is 2.44. The molecule has 0 radical (unpaired) electrons. The van der Waals surface area contributed by atoms with Crippen LogP contribution in [0.1, 0.15) is 44.1 Å². The fourth-order valence-electron chi connectivity index (χ4n) is 2.31. The highest BCUT2D eigenvalue weighted by molar-refractivity contribution is 5.14. The summed E-state index contributed by atoms with van der Waals surface area (Å²) < 4.78 is 0. The Morgan fingerprint density at radius 2 is 1.37 bits per heavy atom. The van der Waals surface area contributed by atoms with Gasteiger partial charge in [-0.2, -0.15) is 0 Å². The molecule has 1 aromatic carbocycles. The largest absolute Gasteiger partial charge is 0.330 e. The molecule has 0 heterocycles. The number of rotatable bonds is 10. The lowest BCUT2D eigenvalue weighted by Gasteiger charge is -2.14. The van der Waals surface area contributed by atoms with Gasteiger partial charge in [0, 0.05) is 12.1 Å². The second-order valence-electron chi connectivity index (χ2n) is 5.41. The first-order valence-electron chi connectivity index (χ1n) is 7.47. The molecule has 3 nitrogen and oxygen atoms in total. The topological polar surface area (TPSA) is 78.1 Å². The minimum Gasteiger partial charge on any atom is -0.330 e. The Labute approximate surface area is 117 Å². The first-order chi connectivity index (χ1) is 9.22. The van der Waals surface area contributed by atoms with Gasteiger partial charge in [0.05, 0.1) is 0 Å². The minimum atomic E-state index is 0.293. The van der Waals surface area contributed by atoms with E-state index in [1.165, 1.54) is 5.56 Å². The van der Waals surface area contributed by atoms with Crippen LogP contribution in [0.15, 0.2) is 30.3 Å². The summed E-state index contributed by atoms with van der Waals surface area (Å²) in [6, 6.07) is 11.1. The van der Waals surface area contributed by atoms with Crippen LogP contribution in [-0.2, 0) is 6.42 Å². The molecule has 0 saturated carbocycles. The predicted molar refractivity (Wildman–Crippen MR) is 82.9 cm³/mol. The lowest BCUT2D eigenvalue weighted by atomic mass is 9.99. The summed E-state index contributed by atoms with van der Waals surface area (Å²) >= 11 is 0. The molecule has 1 rings (SSSR count). The third kappa shape index (κ3) is 7.98. The van der Waals surface area contributed by atoms with Crippen LogP contribution in [0.2, 0.25) is 0 Å². The average molecular weight is 263 g/mol. The van der Waals surface area contributed by atoms with Crippen molar-refractivity contribution in [3.63, 3.8) is 0 Å². The summed E-state index contributed by atoms with van der Waals surface area (Å²) in [6.45, 7) is 0.740. The van der Waals surface area contributed by atoms with Gasteiger partial charge in [-0.25, -0.2) is 0 Å². The zero-order valence-corrected chi connectivity index (χ0v) is 11.9. The van der Waals surface area contributed by atoms with Crippen LogP contribution in [0.3, 0.4) is 0 Å². The number of hydrogen-bond acceptors (Lipinski definition) is 3. The Morgan fingerprint density at radius 1 is 0.789 bits per heavy atom. The fraction of sp³-hybridized carbons (Fsp3) is 0.625. The standard InChI is InChI=1S/C16H29N3/c17-13-5-10-15(18)8-4-9-16(19)12-11-14-6-2-1-3-7-14/h1-3,6-7,15-16H,4-5,8-13,17-19H2. The van der Waals surface area contributed by atoms with Crippen molar-refractivity contribution in [2.75, 3.05) is 6.54 Å². The molecule has 0 aliphatic rings. The molecule has 0 amide bonds. The van der Waals surface area contributed by atoms with Crippen LogP contribution in [-0.4, -0.2) is 18.6 Å². The molecule has 0 fully saturated rings. The first-order valence-corrected chi connectivity index (χ1v) is 7.47. The van der Waals surface area contributed by atoms with Gasteiger partial charge in [0.1, 0.15) is 0 Å². The van der Waals surface area contributed by atoms with Crippen molar-refractivity contribution in [1.29, 1.82) is 0 Å². The highest BCUT2D eigenvalue weighted by atomic mass is 14.6. The summed E-state index contributed by atoms with van der Waals surface area (Å²) in [5, 5.41) is 0. The Hall–Kier alpha value is -0.900. The lowest BCUT2D eigenvalue weighted by Crippen LogP contribution is -2.24. The molecule has 1 aromatic rings. The number of hydrogen-bond donors (Lipinski definition) is 3. The third-order valence-electron chi connectivity index (χ3n) is 3.58. The summed E-state index contributed by atoms with van der Waals surface area (Å²) in [5.41, 5.74) is 19.0. The van der Waals surface area contributed by atoms with E-state index in [9.17, 15) is 0 Å². The van der Waals surface area contributed by atoms with Gasteiger partial charge in [0.25, 0.3) is 0 Å². The fourth-order valence-corrected chi connectivity index (χ4v) is 2.31. The summed E-state index contributed by atoms with van der Waals surface area (Å²) in [7, 11) is 0. The van der Waals surface area contributed by atoms with Gasteiger partial charge in [-0.15, -0.1) is 0 Å². The van der Waals surface area contributed by atoms with Gasteiger partial charge in [-0.1, -0.05) is 36.8 Å². The van der Waals surface area contributed by atoms with E-state index in [1.54, 1.807) is 0 Å². The molecular weight excluding hydrogens is 234 g/mol. The monoisotopic (exact) mass is 263 g/mol. The molecule has 108 valence electrons. The molecule has 2 unspecified atom stereocenters. The minimum absolute atomic E-state index is 0.293. The van der Waals surface area contributed by atoms with Crippen LogP contribution in [0.25, 0.3) is 0 Å². The van der Waals surface area contributed by atoms with Crippen molar-refractivity contribution >= 4 is 0 Å². The third-order valence-corrected chi connectivity index (χ3v) is 3.58. The number of benzene rings is 1. The molecule has 3 heteroatoms. The molecule has 0 spiro atoms.